The monoisotopic (exact) mass is 225 g/mol. The van der Waals surface area contributed by atoms with Gasteiger partial charge in [0.2, 0.25) is 5.91 Å². The van der Waals surface area contributed by atoms with Crippen LogP contribution in [0.2, 0.25) is 0 Å². The standard InChI is InChI=1S/C13H23NO2/c1-10-5-3-7-14(10)13(15)11(2)12-6-4-8-16-9-12/h10-12H,3-9H2,1-2H3/t10-,11?,12?/m1/s1. The van der Waals surface area contributed by atoms with Gasteiger partial charge in [-0.15, -0.1) is 0 Å². The van der Waals surface area contributed by atoms with Gasteiger partial charge >= 0.3 is 0 Å². The quantitative estimate of drug-likeness (QED) is 0.720. The highest BCUT2D eigenvalue weighted by Gasteiger charge is 2.33. The predicted molar refractivity (Wildman–Crippen MR) is 63.1 cm³/mol. The van der Waals surface area contributed by atoms with E-state index in [-0.39, 0.29) is 5.92 Å². The lowest BCUT2D eigenvalue weighted by Crippen LogP contribution is -2.41. The van der Waals surface area contributed by atoms with Gasteiger partial charge in [0.15, 0.2) is 0 Å². The minimum Gasteiger partial charge on any atom is -0.381 e. The van der Waals surface area contributed by atoms with Crippen molar-refractivity contribution in [1.82, 2.24) is 4.90 Å². The molecule has 0 aromatic heterocycles. The van der Waals surface area contributed by atoms with Crippen LogP contribution in [0.3, 0.4) is 0 Å². The minimum atomic E-state index is 0.140. The zero-order valence-corrected chi connectivity index (χ0v) is 10.4. The Morgan fingerprint density at radius 2 is 2.19 bits per heavy atom. The van der Waals surface area contributed by atoms with Gasteiger partial charge in [0, 0.05) is 25.1 Å². The smallest absolute Gasteiger partial charge is 0.226 e. The highest BCUT2D eigenvalue weighted by Crippen LogP contribution is 2.27. The molecule has 0 radical (unpaired) electrons. The van der Waals surface area contributed by atoms with Crippen LogP contribution in [0.15, 0.2) is 0 Å². The molecule has 0 N–H and O–H groups in total. The molecule has 16 heavy (non-hydrogen) atoms. The molecule has 3 heteroatoms. The van der Waals surface area contributed by atoms with Gasteiger partial charge in [0.1, 0.15) is 0 Å². The molecule has 2 unspecified atom stereocenters. The third kappa shape index (κ3) is 2.40. The molecule has 2 saturated heterocycles. The maximum Gasteiger partial charge on any atom is 0.226 e. The molecule has 0 aliphatic carbocycles. The summed E-state index contributed by atoms with van der Waals surface area (Å²) in [6.45, 7) is 6.84. The maximum atomic E-state index is 12.3. The summed E-state index contributed by atoms with van der Waals surface area (Å²) in [5, 5.41) is 0. The third-order valence-electron chi connectivity index (χ3n) is 4.13. The van der Waals surface area contributed by atoms with E-state index in [0.29, 0.717) is 17.9 Å². The molecule has 2 aliphatic rings. The van der Waals surface area contributed by atoms with E-state index in [1.807, 2.05) is 0 Å². The summed E-state index contributed by atoms with van der Waals surface area (Å²) in [6.07, 6.45) is 4.59. The summed E-state index contributed by atoms with van der Waals surface area (Å²) in [7, 11) is 0. The molecule has 92 valence electrons. The van der Waals surface area contributed by atoms with Crippen LogP contribution >= 0.6 is 0 Å². The zero-order chi connectivity index (χ0) is 11.5. The number of carbonyl (C=O) groups is 1. The van der Waals surface area contributed by atoms with Gasteiger partial charge in [0.05, 0.1) is 6.61 Å². The van der Waals surface area contributed by atoms with Crippen LogP contribution in [-0.4, -0.2) is 36.6 Å². The summed E-state index contributed by atoms with van der Waals surface area (Å²) in [4.78, 5) is 14.4. The molecule has 1 amide bonds. The lowest BCUT2D eigenvalue weighted by Gasteiger charge is -2.31. The summed E-state index contributed by atoms with van der Waals surface area (Å²) in [5.74, 6) is 0.926. The fraction of sp³-hybridized carbons (Fsp3) is 0.923. The maximum absolute atomic E-state index is 12.3. The van der Waals surface area contributed by atoms with E-state index in [9.17, 15) is 4.79 Å². The van der Waals surface area contributed by atoms with Crippen LogP contribution in [0.5, 0.6) is 0 Å². The largest absolute Gasteiger partial charge is 0.381 e. The van der Waals surface area contributed by atoms with Crippen molar-refractivity contribution < 1.29 is 9.53 Å². The fourth-order valence-electron chi connectivity index (χ4n) is 2.88. The Morgan fingerprint density at radius 3 is 2.75 bits per heavy atom. The Hall–Kier alpha value is -0.570. The number of hydrogen-bond donors (Lipinski definition) is 0. The van der Waals surface area contributed by atoms with Crippen LogP contribution in [0.1, 0.15) is 39.5 Å². The summed E-state index contributed by atoms with van der Waals surface area (Å²) < 4.78 is 5.47. The van der Waals surface area contributed by atoms with E-state index in [0.717, 1.165) is 32.6 Å². The van der Waals surface area contributed by atoms with Crippen LogP contribution in [0.4, 0.5) is 0 Å². The normalized spacial score (nSPS) is 32.8. The van der Waals surface area contributed by atoms with Crippen LogP contribution in [-0.2, 0) is 9.53 Å². The first-order chi connectivity index (χ1) is 7.70. The van der Waals surface area contributed by atoms with Gasteiger partial charge in [0.25, 0.3) is 0 Å². The zero-order valence-electron chi connectivity index (χ0n) is 10.4. The van der Waals surface area contributed by atoms with Crippen LogP contribution < -0.4 is 0 Å². The number of hydrogen-bond acceptors (Lipinski definition) is 2. The van der Waals surface area contributed by atoms with Gasteiger partial charge in [-0.2, -0.15) is 0 Å². The van der Waals surface area contributed by atoms with Crippen molar-refractivity contribution in [3.63, 3.8) is 0 Å². The molecule has 2 fully saturated rings. The highest BCUT2D eigenvalue weighted by molar-refractivity contribution is 5.79. The molecule has 0 bridgehead atoms. The minimum absolute atomic E-state index is 0.140. The molecule has 3 atom stereocenters. The molecule has 0 aromatic carbocycles. The van der Waals surface area contributed by atoms with Gasteiger partial charge in [-0.3, -0.25) is 4.79 Å². The Bertz CT molecular complexity index is 248. The molecule has 0 aromatic rings. The van der Waals surface area contributed by atoms with Crippen molar-refractivity contribution in [3.05, 3.63) is 0 Å². The second kappa shape index (κ2) is 5.17. The Kier molecular flexibility index (Phi) is 3.85. The first-order valence-electron chi connectivity index (χ1n) is 6.58. The van der Waals surface area contributed by atoms with Crippen LogP contribution in [0, 0.1) is 11.8 Å². The van der Waals surface area contributed by atoms with Crippen molar-refractivity contribution in [2.45, 2.75) is 45.6 Å². The van der Waals surface area contributed by atoms with Gasteiger partial charge in [-0.25, -0.2) is 0 Å². The van der Waals surface area contributed by atoms with Crippen molar-refractivity contribution >= 4 is 5.91 Å². The number of nitrogens with zero attached hydrogens (tertiary/aromatic N) is 1. The van der Waals surface area contributed by atoms with Gasteiger partial charge in [-0.05, 0) is 38.5 Å². The topological polar surface area (TPSA) is 29.5 Å². The Labute approximate surface area is 98.1 Å². The number of amides is 1. The second-order valence-corrected chi connectivity index (χ2v) is 5.29. The van der Waals surface area contributed by atoms with Gasteiger partial charge < -0.3 is 9.64 Å². The highest BCUT2D eigenvalue weighted by atomic mass is 16.5. The first-order valence-corrected chi connectivity index (χ1v) is 6.58. The number of ether oxygens (including phenoxy) is 1. The summed E-state index contributed by atoms with van der Waals surface area (Å²) in [5.41, 5.74) is 0. The van der Waals surface area contributed by atoms with Crippen molar-refractivity contribution in [2.24, 2.45) is 11.8 Å². The van der Waals surface area contributed by atoms with E-state index in [1.54, 1.807) is 0 Å². The summed E-state index contributed by atoms with van der Waals surface area (Å²) in [6, 6.07) is 0.444. The second-order valence-electron chi connectivity index (χ2n) is 5.29. The molecule has 2 aliphatic heterocycles. The van der Waals surface area contributed by atoms with E-state index in [4.69, 9.17) is 4.74 Å². The number of rotatable bonds is 2. The average Bonchev–Trinajstić information content (AvgIpc) is 2.75. The third-order valence-corrected chi connectivity index (χ3v) is 4.13. The van der Waals surface area contributed by atoms with Crippen molar-refractivity contribution in [2.75, 3.05) is 19.8 Å². The van der Waals surface area contributed by atoms with E-state index >= 15 is 0 Å². The fourth-order valence-corrected chi connectivity index (χ4v) is 2.88. The Balaban J connectivity index is 1.92. The molecule has 0 spiro atoms. The lowest BCUT2D eigenvalue weighted by molar-refractivity contribution is -0.139. The molecular weight excluding hydrogens is 202 g/mol. The molecular formula is C13H23NO2. The number of carbonyl (C=O) groups excluding carboxylic acids is 1. The molecule has 2 heterocycles. The SMILES string of the molecule is CC(C(=O)N1CCC[C@H]1C)C1CCCOC1. The summed E-state index contributed by atoms with van der Waals surface area (Å²) >= 11 is 0. The van der Waals surface area contributed by atoms with Gasteiger partial charge in [-0.1, -0.05) is 6.92 Å². The van der Waals surface area contributed by atoms with E-state index in [1.165, 1.54) is 12.8 Å². The molecule has 3 nitrogen and oxygen atoms in total. The van der Waals surface area contributed by atoms with Crippen molar-refractivity contribution in [1.29, 1.82) is 0 Å². The van der Waals surface area contributed by atoms with Crippen LogP contribution in [0.25, 0.3) is 0 Å². The molecule has 0 saturated carbocycles. The lowest BCUT2D eigenvalue weighted by atomic mass is 9.88. The first kappa shape index (κ1) is 11.9. The van der Waals surface area contributed by atoms with Crippen molar-refractivity contribution in [3.8, 4) is 0 Å². The predicted octanol–water partition coefficient (Wildman–Crippen LogP) is 2.06. The Morgan fingerprint density at radius 1 is 1.38 bits per heavy atom. The average molecular weight is 225 g/mol. The van der Waals surface area contributed by atoms with E-state index < -0.39 is 0 Å². The van der Waals surface area contributed by atoms with E-state index in [2.05, 4.69) is 18.7 Å². The number of likely N-dealkylation sites (tertiary alicyclic amines) is 1. The molecule has 2 rings (SSSR count).